The first-order chi connectivity index (χ1) is 8.31. The van der Waals surface area contributed by atoms with E-state index in [9.17, 15) is 4.79 Å². The summed E-state index contributed by atoms with van der Waals surface area (Å²) in [6.07, 6.45) is 6.26. The van der Waals surface area contributed by atoms with Gasteiger partial charge in [0.15, 0.2) is 0 Å². The summed E-state index contributed by atoms with van der Waals surface area (Å²) in [5, 5.41) is 3.33. The van der Waals surface area contributed by atoms with E-state index in [0.717, 1.165) is 45.4 Å². The Balaban J connectivity index is 1.34. The maximum absolute atomic E-state index is 11.8. The van der Waals surface area contributed by atoms with Gasteiger partial charge in [0.1, 0.15) is 0 Å². The Morgan fingerprint density at radius 3 is 2.47 bits per heavy atom. The summed E-state index contributed by atoms with van der Waals surface area (Å²) in [6, 6.07) is 0. The molecule has 0 aromatic carbocycles. The largest absolute Gasteiger partial charge is 0.371 e. The van der Waals surface area contributed by atoms with Crippen molar-refractivity contribution in [2.24, 2.45) is 5.92 Å². The second kappa shape index (κ2) is 4.94. The fourth-order valence-electron chi connectivity index (χ4n) is 2.63. The fraction of sp³-hybridized carbons (Fsp3) is 0.923. The summed E-state index contributed by atoms with van der Waals surface area (Å²) >= 11 is 0. The molecule has 4 nitrogen and oxygen atoms in total. The molecule has 3 aliphatic rings. The average Bonchev–Trinajstić information content (AvgIpc) is 3.08. The van der Waals surface area contributed by atoms with E-state index in [0.29, 0.717) is 24.0 Å². The highest BCUT2D eigenvalue weighted by Gasteiger charge is 2.35. The summed E-state index contributed by atoms with van der Waals surface area (Å²) in [7, 11) is 0. The number of nitrogens with one attached hydrogen (secondary N) is 1. The van der Waals surface area contributed by atoms with Gasteiger partial charge in [0.25, 0.3) is 0 Å². The van der Waals surface area contributed by atoms with E-state index in [1.165, 1.54) is 12.8 Å². The van der Waals surface area contributed by atoms with E-state index in [2.05, 4.69) is 5.32 Å². The van der Waals surface area contributed by atoms with Crippen LogP contribution in [0.2, 0.25) is 0 Å². The SMILES string of the molecule is O=C(CC1CC1)N1CC(OC2CCNCC2)C1. The van der Waals surface area contributed by atoms with E-state index in [1.54, 1.807) is 0 Å². The molecule has 3 rings (SSSR count). The summed E-state index contributed by atoms with van der Waals surface area (Å²) in [5.74, 6) is 1.05. The van der Waals surface area contributed by atoms with Crippen LogP contribution in [0.4, 0.5) is 0 Å². The highest BCUT2D eigenvalue weighted by molar-refractivity contribution is 5.77. The minimum Gasteiger partial charge on any atom is -0.371 e. The van der Waals surface area contributed by atoms with Crippen molar-refractivity contribution in [3.05, 3.63) is 0 Å². The molecular weight excluding hydrogens is 216 g/mol. The number of hydrogen-bond donors (Lipinski definition) is 1. The normalized spacial score (nSPS) is 26.9. The van der Waals surface area contributed by atoms with Crippen LogP contribution in [-0.2, 0) is 9.53 Å². The lowest BCUT2D eigenvalue weighted by Crippen LogP contribution is -2.56. The maximum Gasteiger partial charge on any atom is 0.223 e. The molecule has 0 aromatic rings. The molecule has 1 amide bonds. The van der Waals surface area contributed by atoms with Crippen LogP contribution < -0.4 is 5.32 Å². The second-order valence-corrected chi connectivity index (χ2v) is 5.65. The molecular formula is C13H22N2O2. The van der Waals surface area contributed by atoms with Crippen molar-refractivity contribution in [1.29, 1.82) is 0 Å². The van der Waals surface area contributed by atoms with Gasteiger partial charge in [-0.1, -0.05) is 0 Å². The lowest BCUT2D eigenvalue weighted by Gasteiger charge is -2.41. The van der Waals surface area contributed by atoms with Gasteiger partial charge in [0, 0.05) is 19.5 Å². The van der Waals surface area contributed by atoms with Gasteiger partial charge >= 0.3 is 0 Å². The van der Waals surface area contributed by atoms with Crippen molar-refractivity contribution in [3.63, 3.8) is 0 Å². The average molecular weight is 238 g/mol. The van der Waals surface area contributed by atoms with Gasteiger partial charge in [0.2, 0.25) is 5.91 Å². The lowest BCUT2D eigenvalue weighted by atomic mass is 10.1. The molecule has 0 unspecified atom stereocenters. The molecule has 1 saturated carbocycles. The van der Waals surface area contributed by atoms with Gasteiger partial charge in [-0.15, -0.1) is 0 Å². The zero-order chi connectivity index (χ0) is 11.7. The van der Waals surface area contributed by atoms with Crippen LogP contribution in [0.1, 0.15) is 32.1 Å². The predicted molar refractivity (Wildman–Crippen MR) is 64.7 cm³/mol. The number of carbonyl (C=O) groups is 1. The van der Waals surface area contributed by atoms with E-state index < -0.39 is 0 Å². The van der Waals surface area contributed by atoms with Crippen LogP contribution in [0, 0.1) is 5.92 Å². The van der Waals surface area contributed by atoms with Crippen LogP contribution in [0.3, 0.4) is 0 Å². The van der Waals surface area contributed by atoms with Gasteiger partial charge in [-0.05, 0) is 44.7 Å². The number of rotatable bonds is 4. The van der Waals surface area contributed by atoms with Gasteiger partial charge in [-0.2, -0.15) is 0 Å². The first kappa shape index (κ1) is 11.5. The predicted octanol–water partition coefficient (Wildman–Crippen LogP) is 0.766. The van der Waals surface area contributed by atoms with Crippen LogP contribution in [0.15, 0.2) is 0 Å². The highest BCUT2D eigenvalue weighted by Crippen LogP contribution is 2.33. The van der Waals surface area contributed by atoms with Crippen LogP contribution >= 0.6 is 0 Å². The van der Waals surface area contributed by atoms with Crippen molar-refractivity contribution in [2.75, 3.05) is 26.2 Å². The van der Waals surface area contributed by atoms with E-state index in [1.807, 2.05) is 4.90 Å². The number of likely N-dealkylation sites (tertiary alicyclic amines) is 1. The number of carbonyl (C=O) groups excluding carboxylic acids is 1. The van der Waals surface area contributed by atoms with E-state index in [-0.39, 0.29) is 0 Å². The van der Waals surface area contributed by atoms with Gasteiger partial charge in [-0.25, -0.2) is 0 Å². The molecule has 0 aromatic heterocycles. The monoisotopic (exact) mass is 238 g/mol. The molecule has 2 saturated heterocycles. The summed E-state index contributed by atoms with van der Waals surface area (Å²) < 4.78 is 5.99. The van der Waals surface area contributed by atoms with Crippen molar-refractivity contribution in [1.82, 2.24) is 10.2 Å². The Labute approximate surface area is 103 Å². The number of nitrogens with zero attached hydrogens (tertiary/aromatic N) is 1. The Morgan fingerprint density at radius 1 is 1.12 bits per heavy atom. The molecule has 3 fully saturated rings. The third-order valence-corrected chi connectivity index (χ3v) is 4.03. The topological polar surface area (TPSA) is 41.6 Å². The minimum atomic E-state index is 0.307. The molecule has 0 radical (unpaired) electrons. The highest BCUT2D eigenvalue weighted by atomic mass is 16.5. The molecule has 0 bridgehead atoms. The van der Waals surface area contributed by atoms with Crippen molar-refractivity contribution in [3.8, 4) is 0 Å². The maximum atomic E-state index is 11.8. The molecule has 2 aliphatic heterocycles. The number of hydrogen-bond acceptors (Lipinski definition) is 3. The molecule has 17 heavy (non-hydrogen) atoms. The first-order valence-corrected chi connectivity index (χ1v) is 6.95. The third-order valence-electron chi connectivity index (χ3n) is 4.03. The summed E-state index contributed by atoms with van der Waals surface area (Å²) in [4.78, 5) is 13.7. The molecule has 1 N–H and O–H groups in total. The second-order valence-electron chi connectivity index (χ2n) is 5.65. The van der Waals surface area contributed by atoms with Crippen molar-refractivity contribution >= 4 is 5.91 Å². The van der Waals surface area contributed by atoms with Crippen molar-refractivity contribution in [2.45, 2.75) is 44.3 Å². The zero-order valence-corrected chi connectivity index (χ0v) is 10.4. The van der Waals surface area contributed by atoms with E-state index >= 15 is 0 Å². The summed E-state index contributed by atoms with van der Waals surface area (Å²) in [6.45, 7) is 3.80. The number of piperidine rings is 1. The smallest absolute Gasteiger partial charge is 0.223 e. The third kappa shape index (κ3) is 2.99. The quantitative estimate of drug-likeness (QED) is 0.786. The first-order valence-electron chi connectivity index (χ1n) is 6.95. The van der Waals surface area contributed by atoms with Gasteiger partial charge < -0.3 is 15.0 Å². The summed E-state index contributed by atoms with van der Waals surface area (Å²) in [5.41, 5.74) is 0. The minimum absolute atomic E-state index is 0.307. The Morgan fingerprint density at radius 2 is 1.82 bits per heavy atom. The molecule has 0 atom stereocenters. The zero-order valence-electron chi connectivity index (χ0n) is 10.4. The van der Waals surface area contributed by atoms with Gasteiger partial charge in [0.05, 0.1) is 12.2 Å². The molecule has 0 spiro atoms. The number of ether oxygens (including phenoxy) is 1. The Kier molecular flexibility index (Phi) is 3.34. The Hall–Kier alpha value is -0.610. The molecule has 96 valence electrons. The Bertz CT molecular complexity index is 279. The molecule has 1 aliphatic carbocycles. The van der Waals surface area contributed by atoms with Crippen molar-refractivity contribution < 1.29 is 9.53 Å². The van der Waals surface area contributed by atoms with Crippen LogP contribution in [0.25, 0.3) is 0 Å². The lowest BCUT2D eigenvalue weighted by molar-refractivity contribution is -0.151. The van der Waals surface area contributed by atoms with Gasteiger partial charge in [-0.3, -0.25) is 4.79 Å². The molecule has 4 heteroatoms. The van der Waals surface area contributed by atoms with Crippen LogP contribution in [0.5, 0.6) is 0 Å². The standard InChI is InChI=1S/C13H22N2O2/c16-13(7-10-1-2-10)15-8-12(9-15)17-11-3-5-14-6-4-11/h10-12,14H,1-9H2. The fourth-order valence-corrected chi connectivity index (χ4v) is 2.63. The number of amides is 1. The molecule has 2 heterocycles. The van der Waals surface area contributed by atoms with E-state index in [4.69, 9.17) is 4.74 Å². The van der Waals surface area contributed by atoms with Crippen LogP contribution in [-0.4, -0.2) is 49.2 Å².